The quantitative estimate of drug-likeness (QED) is 0.679. The van der Waals surface area contributed by atoms with Gasteiger partial charge < -0.3 is 19.5 Å². The predicted octanol–water partition coefficient (Wildman–Crippen LogP) is 3.83. The number of methoxy groups -OCH3 is 1. The Morgan fingerprint density at radius 3 is 2.57 bits per heavy atom. The molecule has 1 N–H and O–H groups in total. The van der Waals surface area contributed by atoms with Crippen LogP contribution >= 0.6 is 0 Å². The molecule has 0 saturated carbocycles. The van der Waals surface area contributed by atoms with Gasteiger partial charge in [-0.1, -0.05) is 38.1 Å². The Hall–Kier alpha value is -2.86. The van der Waals surface area contributed by atoms with E-state index < -0.39 is 11.5 Å². The van der Waals surface area contributed by atoms with E-state index in [9.17, 15) is 14.7 Å². The molecule has 2 aromatic carbocycles. The molecule has 6 heteroatoms. The van der Waals surface area contributed by atoms with Crippen molar-refractivity contribution >= 4 is 17.4 Å². The highest BCUT2D eigenvalue weighted by Crippen LogP contribution is 2.43. The van der Waals surface area contributed by atoms with Crippen molar-refractivity contribution in [1.82, 2.24) is 0 Å². The van der Waals surface area contributed by atoms with Gasteiger partial charge in [0.2, 0.25) is 0 Å². The third-order valence-corrected chi connectivity index (χ3v) is 5.27. The van der Waals surface area contributed by atoms with Gasteiger partial charge in [-0.25, -0.2) is 0 Å². The number of ether oxygens (including phenoxy) is 2. The fourth-order valence-corrected chi connectivity index (χ4v) is 3.71. The number of aliphatic hydroxyl groups is 1. The molecule has 1 atom stereocenters. The first-order valence-corrected chi connectivity index (χ1v) is 10.2. The van der Waals surface area contributed by atoms with Crippen molar-refractivity contribution in [1.29, 1.82) is 0 Å². The molecule has 0 saturated heterocycles. The van der Waals surface area contributed by atoms with Gasteiger partial charge in [0.15, 0.2) is 17.1 Å². The minimum absolute atomic E-state index is 0.243. The maximum absolute atomic E-state index is 13.1. The zero-order valence-corrected chi connectivity index (χ0v) is 18.0. The monoisotopic (exact) mass is 411 g/mol. The van der Waals surface area contributed by atoms with Gasteiger partial charge in [0, 0.05) is 12.0 Å². The van der Waals surface area contributed by atoms with Crippen molar-refractivity contribution in [3.8, 4) is 11.5 Å². The number of hydrogen-bond acceptors (Lipinski definition) is 5. The minimum atomic E-state index is -1.83. The molecule has 1 aliphatic heterocycles. The van der Waals surface area contributed by atoms with Crippen molar-refractivity contribution in [3.05, 3.63) is 53.6 Å². The number of rotatable bonds is 9. The largest absolute Gasteiger partial charge is 0.493 e. The van der Waals surface area contributed by atoms with Gasteiger partial charge in [-0.3, -0.25) is 9.59 Å². The summed E-state index contributed by atoms with van der Waals surface area (Å²) in [6.45, 7) is 6.51. The Morgan fingerprint density at radius 2 is 1.90 bits per heavy atom. The number of nitrogens with zero attached hydrogens (tertiary/aromatic N) is 1. The average molecular weight is 411 g/mol. The summed E-state index contributed by atoms with van der Waals surface area (Å²) in [6, 6.07) is 12.6. The molecule has 0 spiro atoms. The number of benzene rings is 2. The van der Waals surface area contributed by atoms with Gasteiger partial charge in [-0.15, -0.1) is 0 Å². The molecule has 1 unspecified atom stereocenters. The fraction of sp³-hybridized carbons (Fsp3) is 0.417. The number of Topliss-reactive ketones (excluding diaryl/α,β-unsaturated/α-hetero) is 1. The number of fused-ring (bicyclic) bond motifs is 1. The molecular weight excluding hydrogens is 382 g/mol. The van der Waals surface area contributed by atoms with Crippen LogP contribution < -0.4 is 14.4 Å². The third kappa shape index (κ3) is 4.33. The van der Waals surface area contributed by atoms with E-state index in [-0.39, 0.29) is 18.7 Å². The van der Waals surface area contributed by atoms with Crippen molar-refractivity contribution in [3.63, 3.8) is 0 Å². The Morgan fingerprint density at radius 1 is 1.17 bits per heavy atom. The average Bonchev–Trinajstić information content (AvgIpc) is 2.90. The molecule has 0 fully saturated rings. The standard InChI is InChI=1S/C24H29NO5/c1-16(2)11-12-30-21-10-9-18(13-22(21)29-4)15-25-20-8-6-5-7-19(20)24(28,23(25)27)14-17(3)26/h5-10,13,16,28H,11-12,14-15H2,1-4H3. The molecule has 0 bridgehead atoms. The lowest BCUT2D eigenvalue weighted by atomic mass is 9.90. The van der Waals surface area contributed by atoms with Crippen LogP contribution in [0.15, 0.2) is 42.5 Å². The van der Waals surface area contributed by atoms with Crippen LogP contribution in [-0.4, -0.2) is 30.5 Å². The Labute approximate surface area is 177 Å². The van der Waals surface area contributed by atoms with E-state index in [1.807, 2.05) is 24.3 Å². The van der Waals surface area contributed by atoms with Crippen LogP contribution in [0.4, 0.5) is 5.69 Å². The van der Waals surface area contributed by atoms with Crippen LogP contribution in [0, 0.1) is 5.92 Å². The van der Waals surface area contributed by atoms with Gasteiger partial charge in [0.05, 0.1) is 25.9 Å². The Balaban J connectivity index is 1.85. The maximum Gasteiger partial charge on any atom is 0.264 e. The van der Waals surface area contributed by atoms with E-state index >= 15 is 0 Å². The first-order chi connectivity index (χ1) is 14.3. The summed E-state index contributed by atoms with van der Waals surface area (Å²) in [4.78, 5) is 26.4. The molecule has 160 valence electrons. The molecule has 30 heavy (non-hydrogen) atoms. The molecule has 0 radical (unpaired) electrons. The molecule has 1 heterocycles. The lowest BCUT2D eigenvalue weighted by molar-refractivity contribution is -0.141. The van der Waals surface area contributed by atoms with E-state index in [4.69, 9.17) is 9.47 Å². The summed E-state index contributed by atoms with van der Waals surface area (Å²) in [5.41, 5.74) is 0.0819. The highest BCUT2D eigenvalue weighted by atomic mass is 16.5. The van der Waals surface area contributed by atoms with Gasteiger partial charge in [-0.2, -0.15) is 0 Å². The first-order valence-electron chi connectivity index (χ1n) is 10.2. The van der Waals surface area contributed by atoms with Crippen molar-refractivity contribution in [2.24, 2.45) is 5.92 Å². The number of ketones is 1. The van der Waals surface area contributed by atoms with Crippen LogP contribution in [0.25, 0.3) is 0 Å². The summed E-state index contributed by atoms with van der Waals surface area (Å²) < 4.78 is 11.3. The highest BCUT2D eigenvalue weighted by Gasteiger charge is 2.50. The van der Waals surface area contributed by atoms with Gasteiger partial charge in [-0.05, 0) is 43.0 Å². The Bertz CT molecular complexity index is 939. The SMILES string of the molecule is COc1cc(CN2C(=O)C(O)(CC(C)=O)c3ccccc32)ccc1OCCC(C)C. The maximum atomic E-state index is 13.1. The van der Waals surface area contributed by atoms with Crippen molar-refractivity contribution in [2.45, 2.75) is 45.8 Å². The second kappa shape index (κ2) is 8.88. The number of carbonyl (C=O) groups is 2. The molecule has 1 aliphatic rings. The molecule has 2 aromatic rings. The van der Waals surface area contributed by atoms with Crippen LogP contribution in [0.3, 0.4) is 0 Å². The summed E-state index contributed by atoms with van der Waals surface area (Å²) in [5, 5.41) is 11.1. The van der Waals surface area contributed by atoms with Gasteiger partial charge >= 0.3 is 0 Å². The molecule has 1 amide bonds. The van der Waals surface area contributed by atoms with Crippen molar-refractivity contribution in [2.75, 3.05) is 18.6 Å². The first kappa shape index (κ1) is 21.8. The van der Waals surface area contributed by atoms with Gasteiger partial charge in [0.25, 0.3) is 5.91 Å². The number of anilines is 1. The zero-order valence-electron chi connectivity index (χ0n) is 18.0. The number of carbonyl (C=O) groups excluding carboxylic acids is 2. The van der Waals surface area contributed by atoms with Crippen LogP contribution in [0.1, 0.15) is 44.7 Å². The van der Waals surface area contributed by atoms with Crippen LogP contribution in [0.5, 0.6) is 11.5 Å². The summed E-state index contributed by atoms with van der Waals surface area (Å²) in [6.07, 6.45) is 0.698. The molecule has 0 aliphatic carbocycles. The Kier molecular flexibility index (Phi) is 6.46. The third-order valence-electron chi connectivity index (χ3n) is 5.27. The number of hydrogen-bond donors (Lipinski definition) is 1. The second-order valence-corrected chi connectivity index (χ2v) is 8.16. The number of amides is 1. The topological polar surface area (TPSA) is 76.1 Å². The minimum Gasteiger partial charge on any atom is -0.493 e. The summed E-state index contributed by atoms with van der Waals surface area (Å²) in [5.74, 6) is 1.06. The second-order valence-electron chi connectivity index (χ2n) is 8.16. The predicted molar refractivity (Wildman–Crippen MR) is 115 cm³/mol. The zero-order chi connectivity index (χ0) is 21.9. The van der Waals surface area contributed by atoms with E-state index in [0.717, 1.165) is 12.0 Å². The number of para-hydroxylation sites is 1. The van der Waals surface area contributed by atoms with Gasteiger partial charge in [0.1, 0.15) is 5.78 Å². The molecule has 6 nitrogen and oxygen atoms in total. The smallest absolute Gasteiger partial charge is 0.264 e. The summed E-state index contributed by atoms with van der Waals surface area (Å²) >= 11 is 0. The lowest BCUT2D eigenvalue weighted by Crippen LogP contribution is -2.41. The van der Waals surface area contributed by atoms with Crippen LogP contribution in [0.2, 0.25) is 0 Å². The van der Waals surface area contributed by atoms with E-state index in [1.54, 1.807) is 25.3 Å². The van der Waals surface area contributed by atoms with E-state index in [2.05, 4.69) is 13.8 Å². The molecule has 0 aromatic heterocycles. The lowest BCUT2D eigenvalue weighted by Gasteiger charge is -2.22. The summed E-state index contributed by atoms with van der Waals surface area (Å²) in [7, 11) is 1.58. The normalized spacial score (nSPS) is 17.9. The van der Waals surface area contributed by atoms with Crippen molar-refractivity contribution < 1.29 is 24.2 Å². The van der Waals surface area contributed by atoms with E-state index in [1.165, 1.54) is 11.8 Å². The fourth-order valence-electron chi connectivity index (χ4n) is 3.71. The highest BCUT2D eigenvalue weighted by molar-refractivity contribution is 6.08. The van der Waals surface area contributed by atoms with Crippen LogP contribution in [-0.2, 0) is 21.7 Å². The van der Waals surface area contributed by atoms with E-state index in [0.29, 0.717) is 35.3 Å². The molecular formula is C24H29NO5. The molecule has 3 rings (SSSR count).